The number of pyridine rings is 1. The molecular formula is C21H17ClF3N3O2. The molecule has 2 aromatic carbocycles. The van der Waals surface area contributed by atoms with Crippen LogP contribution in [0.4, 0.5) is 29.5 Å². The van der Waals surface area contributed by atoms with Crippen molar-refractivity contribution in [1.82, 2.24) is 4.98 Å². The van der Waals surface area contributed by atoms with Gasteiger partial charge in [0.25, 0.3) is 0 Å². The van der Waals surface area contributed by atoms with Gasteiger partial charge in [-0.2, -0.15) is 13.2 Å². The summed E-state index contributed by atoms with van der Waals surface area (Å²) in [6.45, 7) is 1.69. The van der Waals surface area contributed by atoms with E-state index in [-0.39, 0.29) is 12.2 Å². The molecular weight excluding hydrogens is 419 g/mol. The lowest BCUT2D eigenvalue weighted by molar-refractivity contribution is -0.137. The first kappa shape index (κ1) is 21.4. The van der Waals surface area contributed by atoms with E-state index < -0.39 is 22.9 Å². The van der Waals surface area contributed by atoms with Gasteiger partial charge in [0.1, 0.15) is 5.82 Å². The van der Waals surface area contributed by atoms with Crippen LogP contribution in [-0.2, 0) is 12.7 Å². The predicted octanol–water partition coefficient (Wildman–Crippen LogP) is 6.00. The monoisotopic (exact) mass is 435 g/mol. The minimum Gasteiger partial charge on any atom is -0.465 e. The molecule has 9 heteroatoms. The molecule has 0 aliphatic carbocycles. The fourth-order valence-electron chi connectivity index (χ4n) is 3.03. The summed E-state index contributed by atoms with van der Waals surface area (Å²) in [6.07, 6.45) is -6.07. The van der Waals surface area contributed by atoms with Gasteiger partial charge in [-0.05, 0) is 48.4 Å². The van der Waals surface area contributed by atoms with Crippen LogP contribution in [-0.4, -0.2) is 16.2 Å². The normalized spacial score (nSPS) is 11.4. The quantitative estimate of drug-likeness (QED) is 0.527. The number of nitrogen functional groups attached to an aromatic ring is 1. The second kappa shape index (κ2) is 8.23. The van der Waals surface area contributed by atoms with Crippen molar-refractivity contribution in [2.75, 3.05) is 10.6 Å². The molecule has 3 N–H and O–H groups in total. The Bertz CT molecular complexity index is 1090. The third kappa shape index (κ3) is 4.65. The number of amides is 1. The molecule has 1 heterocycles. The molecule has 0 saturated heterocycles. The second-order valence-corrected chi connectivity index (χ2v) is 7.00. The number of anilines is 2. The Hall–Kier alpha value is -3.26. The van der Waals surface area contributed by atoms with E-state index in [0.717, 1.165) is 33.9 Å². The molecule has 5 nitrogen and oxygen atoms in total. The number of rotatable bonds is 4. The molecule has 3 aromatic rings. The van der Waals surface area contributed by atoms with Crippen LogP contribution in [0.2, 0.25) is 5.02 Å². The summed E-state index contributed by atoms with van der Waals surface area (Å²) in [6, 6.07) is 13.5. The molecule has 0 aliphatic rings. The number of nitrogens with two attached hydrogens (primary N) is 1. The van der Waals surface area contributed by atoms with Gasteiger partial charge in [0.15, 0.2) is 0 Å². The lowest BCUT2D eigenvalue weighted by atomic mass is 10.0. The number of hydrogen-bond donors (Lipinski definition) is 2. The zero-order valence-electron chi connectivity index (χ0n) is 15.7. The van der Waals surface area contributed by atoms with Crippen LogP contribution >= 0.6 is 11.6 Å². The van der Waals surface area contributed by atoms with Crippen LogP contribution in [0.15, 0.2) is 54.6 Å². The highest BCUT2D eigenvalue weighted by Crippen LogP contribution is 2.37. The van der Waals surface area contributed by atoms with E-state index in [0.29, 0.717) is 11.4 Å². The van der Waals surface area contributed by atoms with Crippen LogP contribution < -0.4 is 10.6 Å². The van der Waals surface area contributed by atoms with Crippen molar-refractivity contribution in [1.29, 1.82) is 0 Å². The molecule has 0 saturated carbocycles. The van der Waals surface area contributed by atoms with Gasteiger partial charge >= 0.3 is 12.3 Å². The molecule has 30 heavy (non-hydrogen) atoms. The van der Waals surface area contributed by atoms with E-state index >= 15 is 0 Å². The van der Waals surface area contributed by atoms with E-state index in [1.54, 1.807) is 30.3 Å². The van der Waals surface area contributed by atoms with E-state index in [1.165, 1.54) is 6.07 Å². The highest BCUT2D eigenvalue weighted by Gasteiger charge is 2.34. The number of hydrogen-bond acceptors (Lipinski definition) is 3. The second-order valence-electron chi connectivity index (χ2n) is 6.60. The van der Waals surface area contributed by atoms with Crippen LogP contribution in [0, 0.1) is 6.92 Å². The lowest BCUT2D eigenvalue weighted by Crippen LogP contribution is -2.28. The van der Waals surface area contributed by atoms with Crippen LogP contribution in [0.1, 0.15) is 16.8 Å². The Morgan fingerprint density at radius 2 is 1.80 bits per heavy atom. The maximum atomic E-state index is 13.1. The van der Waals surface area contributed by atoms with Gasteiger partial charge in [0.05, 0.1) is 17.1 Å². The van der Waals surface area contributed by atoms with E-state index in [2.05, 4.69) is 4.98 Å². The number of nitrogens with zero attached hydrogens (tertiary/aromatic N) is 2. The van der Waals surface area contributed by atoms with Crippen molar-refractivity contribution in [2.24, 2.45) is 0 Å². The van der Waals surface area contributed by atoms with Crippen molar-refractivity contribution < 1.29 is 23.1 Å². The average molecular weight is 436 g/mol. The van der Waals surface area contributed by atoms with Gasteiger partial charge in [0.2, 0.25) is 0 Å². The molecule has 0 bridgehead atoms. The summed E-state index contributed by atoms with van der Waals surface area (Å²) in [7, 11) is 0. The summed E-state index contributed by atoms with van der Waals surface area (Å²) in [5.41, 5.74) is 7.53. The largest absolute Gasteiger partial charge is 0.465 e. The number of benzene rings is 2. The number of carbonyl (C=O) groups is 1. The van der Waals surface area contributed by atoms with Crippen LogP contribution in [0.25, 0.3) is 11.1 Å². The zero-order chi connectivity index (χ0) is 22.1. The third-order valence-electron chi connectivity index (χ3n) is 4.51. The predicted molar refractivity (Wildman–Crippen MR) is 109 cm³/mol. The molecule has 0 atom stereocenters. The Labute approximate surface area is 175 Å². The number of aryl methyl sites for hydroxylation is 1. The molecule has 3 rings (SSSR count). The van der Waals surface area contributed by atoms with Crippen molar-refractivity contribution in [3.05, 3.63) is 76.4 Å². The van der Waals surface area contributed by atoms with Gasteiger partial charge in [0, 0.05) is 16.9 Å². The molecule has 1 amide bonds. The summed E-state index contributed by atoms with van der Waals surface area (Å²) >= 11 is 5.62. The smallest absolute Gasteiger partial charge is 0.417 e. The van der Waals surface area contributed by atoms with E-state index in [9.17, 15) is 23.1 Å². The molecule has 0 fully saturated rings. The minimum absolute atomic E-state index is 0.123. The number of alkyl halides is 3. The fourth-order valence-corrected chi connectivity index (χ4v) is 3.25. The maximum absolute atomic E-state index is 13.1. The first-order chi connectivity index (χ1) is 14.1. The van der Waals surface area contributed by atoms with Gasteiger partial charge in [-0.1, -0.05) is 35.9 Å². The molecule has 0 radical (unpaired) electrons. The summed E-state index contributed by atoms with van der Waals surface area (Å²) < 4.78 is 39.4. The van der Waals surface area contributed by atoms with Gasteiger partial charge < -0.3 is 10.8 Å². The first-order valence-corrected chi connectivity index (χ1v) is 9.13. The Morgan fingerprint density at radius 1 is 1.13 bits per heavy atom. The highest BCUT2D eigenvalue weighted by atomic mass is 35.5. The topological polar surface area (TPSA) is 79.5 Å². The van der Waals surface area contributed by atoms with Crippen molar-refractivity contribution in [3.8, 4) is 11.1 Å². The SMILES string of the molecule is Cc1nc(N)ccc1-c1ccc(CN(C(=O)O)c2ccc(Cl)c(C(F)(F)F)c2)cc1. The van der Waals surface area contributed by atoms with Gasteiger partial charge in [-0.3, -0.25) is 4.90 Å². The molecule has 156 valence electrons. The van der Waals surface area contributed by atoms with E-state index in [4.69, 9.17) is 17.3 Å². The van der Waals surface area contributed by atoms with Crippen LogP contribution in [0.3, 0.4) is 0 Å². The van der Waals surface area contributed by atoms with Crippen molar-refractivity contribution >= 4 is 29.2 Å². The first-order valence-electron chi connectivity index (χ1n) is 8.76. The Morgan fingerprint density at radius 3 is 2.37 bits per heavy atom. The average Bonchev–Trinajstić information content (AvgIpc) is 2.66. The van der Waals surface area contributed by atoms with Gasteiger partial charge in [-0.15, -0.1) is 0 Å². The third-order valence-corrected chi connectivity index (χ3v) is 4.84. The maximum Gasteiger partial charge on any atom is 0.417 e. The van der Waals surface area contributed by atoms with E-state index in [1.807, 2.05) is 13.0 Å². The fraction of sp³-hybridized carbons (Fsp3) is 0.143. The number of aromatic nitrogens is 1. The highest BCUT2D eigenvalue weighted by molar-refractivity contribution is 6.31. The van der Waals surface area contributed by atoms with Gasteiger partial charge in [-0.25, -0.2) is 9.78 Å². The number of halogens is 4. The zero-order valence-corrected chi connectivity index (χ0v) is 16.5. The minimum atomic E-state index is -4.69. The summed E-state index contributed by atoms with van der Waals surface area (Å²) in [4.78, 5) is 16.7. The Balaban J connectivity index is 1.88. The molecule has 0 aliphatic heterocycles. The molecule has 1 aromatic heterocycles. The molecule has 0 spiro atoms. The lowest BCUT2D eigenvalue weighted by Gasteiger charge is -2.21. The standard InChI is InChI=1S/C21H17ClF3N3O2/c1-12-16(7-9-19(26)27-12)14-4-2-13(3-5-14)11-28(20(29)30)15-6-8-18(22)17(10-15)21(23,24)25/h2-10H,11H2,1H3,(H2,26,27)(H,29,30). The van der Waals surface area contributed by atoms with Crippen LogP contribution in [0.5, 0.6) is 0 Å². The Kier molecular flexibility index (Phi) is 5.89. The number of carboxylic acid groups (broad SMARTS) is 1. The van der Waals surface area contributed by atoms with Crippen molar-refractivity contribution in [2.45, 2.75) is 19.6 Å². The van der Waals surface area contributed by atoms with Crippen molar-refractivity contribution in [3.63, 3.8) is 0 Å². The summed E-state index contributed by atoms with van der Waals surface area (Å²) in [5.74, 6) is 0.408. The molecule has 0 unspecified atom stereocenters. The summed E-state index contributed by atoms with van der Waals surface area (Å²) in [5, 5.41) is 9.05.